The van der Waals surface area contributed by atoms with E-state index in [0.717, 1.165) is 62.3 Å². The highest BCUT2D eigenvalue weighted by molar-refractivity contribution is 6.11. The van der Waals surface area contributed by atoms with Gasteiger partial charge in [-0.1, -0.05) is 56.0 Å². The van der Waals surface area contributed by atoms with Crippen molar-refractivity contribution in [2.45, 2.75) is 57.0 Å². The van der Waals surface area contributed by atoms with Gasteiger partial charge in [-0.15, -0.1) is 0 Å². The molecule has 1 aliphatic carbocycles. The number of carbonyl (C=O) groups excluding carboxylic acids is 3. The van der Waals surface area contributed by atoms with E-state index in [2.05, 4.69) is 20.9 Å². The first-order chi connectivity index (χ1) is 21.7. The van der Waals surface area contributed by atoms with Crippen LogP contribution in [-0.4, -0.2) is 56.9 Å². The number of aromatic carboxylic acids is 2. The van der Waals surface area contributed by atoms with Crippen LogP contribution in [0.15, 0.2) is 72.9 Å². The number of carboxylic acid groups (broad SMARTS) is 2. The number of nitrogens with one attached hydrogen (secondary N) is 4. The van der Waals surface area contributed by atoms with Crippen molar-refractivity contribution in [2.75, 3.05) is 5.32 Å². The average Bonchev–Trinajstić information content (AvgIpc) is 3.34. The minimum Gasteiger partial charge on any atom is -0.478 e. The van der Waals surface area contributed by atoms with Gasteiger partial charge in [-0.25, -0.2) is 9.59 Å². The zero-order valence-corrected chi connectivity index (χ0v) is 24.5. The van der Waals surface area contributed by atoms with Gasteiger partial charge < -0.3 is 31.1 Å². The summed E-state index contributed by atoms with van der Waals surface area (Å²) in [6.07, 6.45) is 7.80. The summed E-state index contributed by atoms with van der Waals surface area (Å²) in [5.74, 6) is -4.45. The maximum atomic E-state index is 13.9. The molecule has 0 unspecified atom stereocenters. The second-order valence-corrected chi connectivity index (χ2v) is 11.2. The molecular weight excluding hydrogens is 576 g/mol. The van der Waals surface area contributed by atoms with Gasteiger partial charge in [0.2, 0.25) is 5.91 Å². The third-order valence-corrected chi connectivity index (χ3v) is 7.97. The Hall–Kier alpha value is -5.45. The molecular formula is C34H34N4O7. The molecule has 0 bridgehead atoms. The molecule has 45 heavy (non-hydrogen) atoms. The highest BCUT2D eigenvalue weighted by Gasteiger charge is 2.27. The molecule has 1 aliphatic rings. The van der Waals surface area contributed by atoms with Gasteiger partial charge in [0.05, 0.1) is 22.3 Å². The summed E-state index contributed by atoms with van der Waals surface area (Å²) in [7, 11) is 0. The Kier molecular flexibility index (Phi) is 9.57. The van der Waals surface area contributed by atoms with Crippen LogP contribution in [0.5, 0.6) is 0 Å². The van der Waals surface area contributed by atoms with Crippen LogP contribution in [0.25, 0.3) is 10.9 Å². The number of carbonyl (C=O) groups is 5. The molecule has 1 heterocycles. The van der Waals surface area contributed by atoms with E-state index in [-0.39, 0.29) is 46.3 Å². The summed E-state index contributed by atoms with van der Waals surface area (Å²) in [6, 6.07) is 16.1. The summed E-state index contributed by atoms with van der Waals surface area (Å²) in [6.45, 7) is 0. The molecule has 0 radical (unpaired) electrons. The number of H-pyrrole nitrogens is 1. The van der Waals surface area contributed by atoms with Gasteiger partial charge in [0.1, 0.15) is 6.04 Å². The number of aromatic amines is 1. The van der Waals surface area contributed by atoms with Crippen molar-refractivity contribution < 1.29 is 34.2 Å². The van der Waals surface area contributed by atoms with E-state index in [0.29, 0.717) is 10.9 Å². The first-order valence-corrected chi connectivity index (χ1v) is 14.9. The fourth-order valence-corrected chi connectivity index (χ4v) is 5.63. The fourth-order valence-electron chi connectivity index (χ4n) is 5.63. The Morgan fingerprint density at radius 3 is 2.07 bits per heavy atom. The maximum absolute atomic E-state index is 13.9. The molecule has 1 aromatic heterocycles. The van der Waals surface area contributed by atoms with Gasteiger partial charge in [-0.05, 0) is 54.8 Å². The first-order valence-electron chi connectivity index (χ1n) is 14.9. The highest BCUT2D eigenvalue weighted by atomic mass is 16.4. The van der Waals surface area contributed by atoms with E-state index >= 15 is 0 Å². The molecule has 4 aromatic rings. The molecule has 0 saturated heterocycles. The predicted octanol–water partition coefficient (Wildman–Crippen LogP) is 5.00. The number of benzene rings is 3. The molecule has 5 rings (SSSR count). The van der Waals surface area contributed by atoms with E-state index in [1.807, 2.05) is 6.07 Å². The lowest BCUT2D eigenvalue weighted by atomic mass is 10.00. The number of anilines is 1. The van der Waals surface area contributed by atoms with Crippen LogP contribution in [-0.2, 0) is 11.2 Å². The molecule has 6 N–H and O–H groups in total. The van der Waals surface area contributed by atoms with E-state index in [4.69, 9.17) is 0 Å². The molecule has 11 heteroatoms. The fraction of sp³-hybridized carbons (Fsp3) is 0.265. The topological polar surface area (TPSA) is 178 Å². The second-order valence-electron chi connectivity index (χ2n) is 11.2. The van der Waals surface area contributed by atoms with Gasteiger partial charge in [0.25, 0.3) is 11.8 Å². The summed E-state index contributed by atoms with van der Waals surface area (Å²) in [5.41, 5.74) is 0.989. The third-order valence-electron chi connectivity index (χ3n) is 7.97. The molecule has 3 amide bonds. The van der Waals surface area contributed by atoms with Crippen molar-refractivity contribution in [1.29, 1.82) is 0 Å². The Morgan fingerprint density at radius 1 is 0.778 bits per heavy atom. The molecule has 1 fully saturated rings. The van der Waals surface area contributed by atoms with Gasteiger partial charge in [0, 0.05) is 35.2 Å². The minimum absolute atomic E-state index is 0.00381. The van der Waals surface area contributed by atoms with Crippen LogP contribution < -0.4 is 16.0 Å². The summed E-state index contributed by atoms with van der Waals surface area (Å²) < 4.78 is 0. The van der Waals surface area contributed by atoms with Crippen LogP contribution in [0.2, 0.25) is 0 Å². The zero-order chi connectivity index (χ0) is 31.9. The first kappa shape index (κ1) is 31.0. The molecule has 11 nitrogen and oxygen atoms in total. The van der Waals surface area contributed by atoms with Crippen molar-refractivity contribution in [3.05, 3.63) is 101 Å². The summed E-state index contributed by atoms with van der Waals surface area (Å²) in [4.78, 5) is 67.4. The highest BCUT2D eigenvalue weighted by Crippen LogP contribution is 2.23. The largest absolute Gasteiger partial charge is 0.478 e. The molecule has 0 spiro atoms. The van der Waals surface area contributed by atoms with E-state index < -0.39 is 29.8 Å². The zero-order valence-electron chi connectivity index (χ0n) is 24.5. The van der Waals surface area contributed by atoms with Crippen LogP contribution in [0, 0.1) is 0 Å². The predicted molar refractivity (Wildman–Crippen MR) is 168 cm³/mol. The standard InChI is InChI=1S/C34H34N4O7/c39-30(36-24-10-6-1-2-7-11-24)27-19-28-21(12-13-35-28)18-26(27)31(40)38-29(14-20-8-4-3-5-9-20)32(41)37-25-16-22(33(42)43)15-23(17-25)34(44)45/h3-5,8-9,12-13,15-19,24,29,35H,1-2,6-7,10-11,14H2,(H,36,39)(H,37,41)(H,38,40)(H,42,43)(H,44,45)/t29-/m0/s1. The smallest absolute Gasteiger partial charge is 0.335 e. The van der Waals surface area contributed by atoms with Crippen molar-refractivity contribution in [1.82, 2.24) is 15.6 Å². The van der Waals surface area contributed by atoms with Gasteiger partial charge >= 0.3 is 11.9 Å². The Bertz CT molecular complexity index is 1710. The van der Waals surface area contributed by atoms with Crippen molar-refractivity contribution in [3.8, 4) is 0 Å². The number of aromatic nitrogens is 1. The number of hydrogen-bond donors (Lipinski definition) is 6. The number of hydrogen-bond acceptors (Lipinski definition) is 5. The third kappa shape index (κ3) is 7.74. The molecule has 3 aromatic carbocycles. The molecule has 0 aliphatic heterocycles. The van der Waals surface area contributed by atoms with E-state index in [1.54, 1.807) is 48.7 Å². The van der Waals surface area contributed by atoms with Crippen molar-refractivity contribution in [2.24, 2.45) is 0 Å². The monoisotopic (exact) mass is 610 g/mol. The number of carboxylic acids is 2. The lowest BCUT2D eigenvalue weighted by Gasteiger charge is -2.21. The lowest BCUT2D eigenvalue weighted by Crippen LogP contribution is -2.46. The second kappa shape index (κ2) is 13.9. The summed E-state index contributed by atoms with van der Waals surface area (Å²) >= 11 is 0. The van der Waals surface area contributed by atoms with Crippen LogP contribution in [0.1, 0.15) is 85.5 Å². The van der Waals surface area contributed by atoms with Gasteiger partial charge in [-0.2, -0.15) is 0 Å². The number of amides is 3. The van der Waals surface area contributed by atoms with Crippen LogP contribution in [0.4, 0.5) is 5.69 Å². The Morgan fingerprint density at radius 2 is 1.42 bits per heavy atom. The summed E-state index contributed by atoms with van der Waals surface area (Å²) in [5, 5.41) is 28.0. The van der Waals surface area contributed by atoms with Crippen molar-refractivity contribution in [3.63, 3.8) is 0 Å². The van der Waals surface area contributed by atoms with Gasteiger partial charge in [-0.3, -0.25) is 14.4 Å². The Balaban J connectivity index is 1.45. The SMILES string of the molecule is O=C(O)c1cc(NC(=O)[C@H](Cc2ccccc2)NC(=O)c2cc3cc[nH]c3cc2C(=O)NC2CCCCCC2)cc(C(=O)O)c1. The van der Waals surface area contributed by atoms with Crippen molar-refractivity contribution >= 4 is 46.3 Å². The number of rotatable bonds is 10. The maximum Gasteiger partial charge on any atom is 0.335 e. The molecule has 232 valence electrons. The van der Waals surface area contributed by atoms with Crippen LogP contribution >= 0.6 is 0 Å². The lowest BCUT2D eigenvalue weighted by molar-refractivity contribution is -0.118. The minimum atomic E-state index is -1.36. The molecule has 1 atom stereocenters. The van der Waals surface area contributed by atoms with E-state index in [1.165, 1.54) is 0 Å². The Labute approximate surface area is 259 Å². The van der Waals surface area contributed by atoms with Gasteiger partial charge in [0.15, 0.2) is 0 Å². The normalized spacial score (nSPS) is 14.2. The van der Waals surface area contributed by atoms with Crippen LogP contribution in [0.3, 0.4) is 0 Å². The molecule has 1 saturated carbocycles. The average molecular weight is 611 g/mol. The number of fused-ring (bicyclic) bond motifs is 1. The quantitative estimate of drug-likeness (QED) is 0.137. The van der Waals surface area contributed by atoms with E-state index in [9.17, 15) is 34.2 Å².